The van der Waals surface area contributed by atoms with E-state index in [1.54, 1.807) is 0 Å². The van der Waals surface area contributed by atoms with Crippen molar-refractivity contribution in [3.05, 3.63) is 11.7 Å². The molecule has 0 aliphatic heterocycles. The van der Waals surface area contributed by atoms with Crippen molar-refractivity contribution in [1.82, 2.24) is 10.1 Å². The smallest absolute Gasteiger partial charge is 0.307 e. The molecule has 0 saturated heterocycles. The normalized spacial score (nSPS) is 27.5. The third kappa shape index (κ3) is 3.49. The van der Waals surface area contributed by atoms with Gasteiger partial charge in [-0.3, -0.25) is 0 Å². The van der Waals surface area contributed by atoms with Gasteiger partial charge in [0.15, 0.2) is 0 Å². The average Bonchev–Trinajstić information content (AvgIpc) is 2.62. The first-order valence-electron chi connectivity index (χ1n) is 6.53. The lowest BCUT2D eigenvalue weighted by molar-refractivity contribution is -0.0429. The van der Waals surface area contributed by atoms with Crippen LogP contribution in [0.5, 0.6) is 0 Å². The number of aromatic nitrogens is 2. The maximum Gasteiger partial charge on any atom is 0.307 e. The van der Waals surface area contributed by atoms with Crippen molar-refractivity contribution in [2.75, 3.05) is 0 Å². The van der Waals surface area contributed by atoms with E-state index in [4.69, 9.17) is 4.52 Å². The number of nitrogens with zero attached hydrogens (tertiary/aromatic N) is 2. The lowest BCUT2D eigenvalue weighted by atomic mass is 9.69. The zero-order chi connectivity index (χ0) is 14.3. The van der Waals surface area contributed by atoms with Crippen molar-refractivity contribution in [2.45, 2.75) is 64.4 Å². The molecule has 1 N–H and O–H groups in total. The van der Waals surface area contributed by atoms with Crippen molar-refractivity contribution < 1.29 is 18.4 Å². The van der Waals surface area contributed by atoms with Gasteiger partial charge in [0.25, 0.3) is 0 Å². The Balaban J connectivity index is 2.10. The molecular formula is C13H20F2N2O2. The maximum absolute atomic E-state index is 13.0. The van der Waals surface area contributed by atoms with Gasteiger partial charge in [-0.05, 0) is 24.7 Å². The molecule has 19 heavy (non-hydrogen) atoms. The van der Waals surface area contributed by atoms with E-state index in [-0.39, 0.29) is 17.7 Å². The number of aliphatic hydroxyl groups is 1. The molecule has 0 radical (unpaired) electrons. The highest BCUT2D eigenvalue weighted by molar-refractivity contribution is 5.00. The number of rotatable bonds is 3. The van der Waals surface area contributed by atoms with Crippen LogP contribution in [0.1, 0.15) is 58.2 Å². The van der Waals surface area contributed by atoms with Gasteiger partial charge >= 0.3 is 5.92 Å². The third-order valence-corrected chi connectivity index (χ3v) is 3.64. The van der Waals surface area contributed by atoms with Crippen LogP contribution in [0.25, 0.3) is 0 Å². The summed E-state index contributed by atoms with van der Waals surface area (Å²) in [5.41, 5.74) is -0.890. The highest BCUT2D eigenvalue weighted by atomic mass is 19.3. The van der Waals surface area contributed by atoms with Gasteiger partial charge in [0.1, 0.15) is 0 Å². The maximum atomic E-state index is 13.0. The van der Waals surface area contributed by atoms with Crippen molar-refractivity contribution in [3.8, 4) is 0 Å². The Bertz CT molecular complexity index is 454. The van der Waals surface area contributed by atoms with E-state index in [0.29, 0.717) is 12.8 Å². The minimum Gasteiger partial charge on any atom is -0.389 e. The van der Waals surface area contributed by atoms with Crippen LogP contribution in [0.2, 0.25) is 0 Å². The van der Waals surface area contributed by atoms with Crippen molar-refractivity contribution >= 4 is 0 Å². The van der Waals surface area contributed by atoms with E-state index in [0.717, 1.165) is 19.8 Å². The Morgan fingerprint density at radius 2 is 2.05 bits per heavy atom. The second-order valence-corrected chi connectivity index (χ2v) is 6.50. The second-order valence-electron chi connectivity index (χ2n) is 6.50. The summed E-state index contributed by atoms with van der Waals surface area (Å²) in [6.45, 7) is 4.91. The molecule has 1 atom stereocenters. The summed E-state index contributed by atoms with van der Waals surface area (Å²) in [4.78, 5) is 3.68. The quantitative estimate of drug-likeness (QED) is 0.920. The molecule has 0 unspecified atom stereocenters. The molecule has 0 bridgehead atoms. The van der Waals surface area contributed by atoms with Gasteiger partial charge in [-0.2, -0.15) is 13.8 Å². The minimum atomic E-state index is -3.11. The summed E-state index contributed by atoms with van der Waals surface area (Å²) in [6, 6.07) is 0. The SMILES string of the molecule is CC1(C)CCC[C@](O)(Cc2nc(C(C)(F)F)no2)C1. The van der Waals surface area contributed by atoms with Gasteiger partial charge < -0.3 is 9.63 Å². The summed E-state index contributed by atoms with van der Waals surface area (Å²) in [6.07, 6.45) is 3.35. The van der Waals surface area contributed by atoms with E-state index >= 15 is 0 Å². The number of hydrogen-bond donors (Lipinski definition) is 1. The molecule has 0 spiro atoms. The van der Waals surface area contributed by atoms with Crippen LogP contribution in [-0.2, 0) is 12.3 Å². The minimum absolute atomic E-state index is 0.0462. The van der Waals surface area contributed by atoms with E-state index in [1.807, 2.05) is 0 Å². The highest BCUT2D eigenvalue weighted by Crippen LogP contribution is 2.42. The molecule has 1 aromatic heterocycles. The fourth-order valence-corrected chi connectivity index (χ4v) is 2.90. The third-order valence-electron chi connectivity index (χ3n) is 3.64. The molecule has 0 aromatic carbocycles. The van der Waals surface area contributed by atoms with Crippen LogP contribution in [0.15, 0.2) is 4.52 Å². The van der Waals surface area contributed by atoms with Crippen LogP contribution >= 0.6 is 0 Å². The zero-order valence-electron chi connectivity index (χ0n) is 11.5. The summed E-state index contributed by atoms with van der Waals surface area (Å²) in [7, 11) is 0. The molecule has 2 rings (SSSR count). The Kier molecular flexibility index (Phi) is 3.41. The van der Waals surface area contributed by atoms with Crippen LogP contribution in [0, 0.1) is 5.41 Å². The van der Waals surface area contributed by atoms with Crippen molar-refractivity contribution in [3.63, 3.8) is 0 Å². The summed E-state index contributed by atoms with van der Waals surface area (Å²) < 4.78 is 30.9. The van der Waals surface area contributed by atoms with Gasteiger partial charge in [0, 0.05) is 6.92 Å². The summed E-state index contributed by atoms with van der Waals surface area (Å²) in [5, 5.41) is 13.8. The molecule has 1 saturated carbocycles. The van der Waals surface area contributed by atoms with Crippen LogP contribution in [0.4, 0.5) is 8.78 Å². The topological polar surface area (TPSA) is 59.2 Å². The lowest BCUT2D eigenvalue weighted by Crippen LogP contribution is -2.40. The lowest BCUT2D eigenvalue weighted by Gasteiger charge is -2.40. The van der Waals surface area contributed by atoms with Crippen molar-refractivity contribution in [1.29, 1.82) is 0 Å². The summed E-state index contributed by atoms with van der Waals surface area (Å²) >= 11 is 0. The van der Waals surface area contributed by atoms with E-state index in [1.165, 1.54) is 0 Å². The van der Waals surface area contributed by atoms with Gasteiger partial charge in [-0.25, -0.2) is 0 Å². The zero-order valence-corrected chi connectivity index (χ0v) is 11.5. The first-order valence-corrected chi connectivity index (χ1v) is 6.53. The highest BCUT2D eigenvalue weighted by Gasteiger charge is 2.40. The molecule has 0 amide bonds. The summed E-state index contributed by atoms with van der Waals surface area (Å²) in [5.74, 6) is -3.66. The predicted molar refractivity (Wildman–Crippen MR) is 64.8 cm³/mol. The molecule has 1 fully saturated rings. The molecule has 4 nitrogen and oxygen atoms in total. The van der Waals surface area contributed by atoms with E-state index in [2.05, 4.69) is 24.0 Å². The van der Waals surface area contributed by atoms with Crippen LogP contribution in [-0.4, -0.2) is 20.8 Å². The monoisotopic (exact) mass is 274 g/mol. The number of halogens is 2. The molecule has 1 aromatic rings. The van der Waals surface area contributed by atoms with Gasteiger partial charge in [-0.1, -0.05) is 25.4 Å². The fraction of sp³-hybridized carbons (Fsp3) is 0.846. The first-order chi connectivity index (χ1) is 8.60. The first kappa shape index (κ1) is 14.4. The fourth-order valence-electron chi connectivity index (χ4n) is 2.90. The van der Waals surface area contributed by atoms with Crippen molar-refractivity contribution in [2.24, 2.45) is 5.41 Å². The van der Waals surface area contributed by atoms with Gasteiger partial charge in [0.2, 0.25) is 11.7 Å². The Labute approximate surface area is 111 Å². The molecule has 108 valence electrons. The molecule has 6 heteroatoms. The van der Waals surface area contributed by atoms with Gasteiger partial charge in [0.05, 0.1) is 12.0 Å². The largest absolute Gasteiger partial charge is 0.389 e. The second kappa shape index (κ2) is 4.51. The van der Waals surface area contributed by atoms with E-state index in [9.17, 15) is 13.9 Å². The van der Waals surface area contributed by atoms with Gasteiger partial charge in [-0.15, -0.1) is 0 Å². The van der Waals surface area contributed by atoms with Crippen LogP contribution < -0.4 is 0 Å². The predicted octanol–water partition coefficient (Wildman–Crippen LogP) is 3.06. The standard InChI is InChI=1S/C13H20F2N2O2/c1-11(2)5-4-6-13(18,8-11)7-9-16-10(17-19-9)12(3,14)15/h18H,4-8H2,1-3H3/t13-/m0/s1. The average molecular weight is 274 g/mol. The molecule has 1 aliphatic carbocycles. The Morgan fingerprint density at radius 3 is 2.58 bits per heavy atom. The van der Waals surface area contributed by atoms with E-state index < -0.39 is 17.3 Å². The number of hydrogen-bond acceptors (Lipinski definition) is 4. The van der Waals surface area contributed by atoms with Crippen LogP contribution in [0.3, 0.4) is 0 Å². The Hall–Kier alpha value is -1.04. The Morgan fingerprint density at radius 1 is 1.37 bits per heavy atom. The molecular weight excluding hydrogens is 254 g/mol. The molecule has 1 aliphatic rings. The molecule has 1 heterocycles. The number of alkyl halides is 2.